The molecule has 44 valence electrons. The van der Waals surface area contributed by atoms with Gasteiger partial charge in [0.15, 0.2) is 0 Å². The Morgan fingerprint density at radius 1 is 1.88 bits per heavy atom. The van der Waals surface area contributed by atoms with Crippen molar-refractivity contribution in [3.8, 4) is 6.07 Å². The molecular weight excluding hydrogens is 106 g/mol. The average Bonchev–Trinajstić information content (AvgIpc) is 1.83. The quantitative estimate of drug-likeness (QED) is 0.288. The second kappa shape index (κ2) is 4.09. The zero-order valence-electron chi connectivity index (χ0n) is 4.80. The Kier molecular flexibility index (Phi) is 3.54. The molecule has 4 heteroatoms. The molecule has 8 heavy (non-hydrogen) atoms. The Morgan fingerprint density at radius 3 is 2.62 bits per heavy atom. The van der Waals surface area contributed by atoms with E-state index in [-0.39, 0.29) is 5.84 Å². The van der Waals surface area contributed by atoms with E-state index in [9.17, 15) is 0 Å². The molecule has 0 saturated carbocycles. The minimum atomic E-state index is 0.174. The number of hydrogen-bond donors (Lipinski definition) is 1. The fourth-order valence-corrected chi connectivity index (χ4v) is 0.215. The van der Waals surface area contributed by atoms with Crippen LogP contribution in [-0.4, -0.2) is 20.0 Å². The Hall–Kier alpha value is -1.08. The molecule has 1 N–H and O–H groups in total. The lowest BCUT2D eigenvalue weighted by Gasteiger charge is -1.94. The second-order valence-corrected chi connectivity index (χ2v) is 0.990. The standard InChI is InChI=1S/C4H7N3O/c1-6-4(3-5)7-8-2/h1-2H3,(H,6,7). The number of rotatable bonds is 1. The summed E-state index contributed by atoms with van der Waals surface area (Å²) in [6, 6.07) is 1.77. The van der Waals surface area contributed by atoms with Crippen molar-refractivity contribution in [2.45, 2.75) is 0 Å². The third-order valence-corrected chi connectivity index (χ3v) is 0.528. The molecule has 0 aromatic carbocycles. The number of aliphatic imine (C=N–C) groups is 1. The summed E-state index contributed by atoms with van der Waals surface area (Å²) in [7, 11) is 2.92. The number of nitrogens with zero attached hydrogens (tertiary/aromatic N) is 2. The van der Waals surface area contributed by atoms with Gasteiger partial charge in [-0.3, -0.25) is 9.83 Å². The number of amidine groups is 1. The lowest BCUT2D eigenvalue weighted by molar-refractivity contribution is 0.145. The first-order valence-corrected chi connectivity index (χ1v) is 2.01. The fraction of sp³-hybridized carbons (Fsp3) is 0.500. The molecule has 0 radical (unpaired) electrons. The summed E-state index contributed by atoms with van der Waals surface area (Å²) >= 11 is 0. The van der Waals surface area contributed by atoms with E-state index in [0.29, 0.717) is 0 Å². The SMILES string of the molecule is C/N=C(/C#N)NOC. The first kappa shape index (κ1) is 6.92. The van der Waals surface area contributed by atoms with Gasteiger partial charge in [-0.05, 0) is 0 Å². The van der Waals surface area contributed by atoms with Crippen LogP contribution in [0.2, 0.25) is 0 Å². The zero-order valence-corrected chi connectivity index (χ0v) is 4.80. The summed E-state index contributed by atoms with van der Waals surface area (Å²) in [4.78, 5) is 7.90. The van der Waals surface area contributed by atoms with Gasteiger partial charge >= 0.3 is 0 Å². The summed E-state index contributed by atoms with van der Waals surface area (Å²) in [5.74, 6) is 0.174. The molecule has 0 aliphatic heterocycles. The van der Waals surface area contributed by atoms with Crippen molar-refractivity contribution in [2.75, 3.05) is 14.2 Å². The maximum Gasteiger partial charge on any atom is 0.225 e. The third-order valence-electron chi connectivity index (χ3n) is 0.528. The molecule has 0 aliphatic rings. The summed E-state index contributed by atoms with van der Waals surface area (Å²) in [6.45, 7) is 0. The molecule has 0 aromatic rings. The molecule has 4 nitrogen and oxygen atoms in total. The molecular formula is C4H7N3O. The van der Waals surface area contributed by atoms with Crippen molar-refractivity contribution in [2.24, 2.45) is 4.99 Å². The molecule has 0 aliphatic carbocycles. The minimum absolute atomic E-state index is 0.174. The third kappa shape index (κ3) is 2.16. The van der Waals surface area contributed by atoms with Crippen molar-refractivity contribution in [3.05, 3.63) is 0 Å². The number of hydroxylamine groups is 1. The van der Waals surface area contributed by atoms with Crippen LogP contribution in [0, 0.1) is 11.3 Å². The van der Waals surface area contributed by atoms with Crippen LogP contribution in [0.15, 0.2) is 4.99 Å². The monoisotopic (exact) mass is 113 g/mol. The van der Waals surface area contributed by atoms with Crippen molar-refractivity contribution >= 4 is 5.84 Å². The fourth-order valence-electron chi connectivity index (χ4n) is 0.215. The lowest BCUT2D eigenvalue weighted by atomic mass is 10.7. The summed E-state index contributed by atoms with van der Waals surface area (Å²) in [6.07, 6.45) is 0. The highest BCUT2D eigenvalue weighted by atomic mass is 16.6. The maximum atomic E-state index is 8.13. The van der Waals surface area contributed by atoms with E-state index in [1.54, 1.807) is 6.07 Å². The van der Waals surface area contributed by atoms with E-state index in [0.717, 1.165) is 0 Å². The van der Waals surface area contributed by atoms with Gasteiger partial charge in [-0.2, -0.15) is 5.26 Å². The lowest BCUT2D eigenvalue weighted by Crippen LogP contribution is -2.19. The van der Waals surface area contributed by atoms with Gasteiger partial charge in [-0.1, -0.05) is 0 Å². The van der Waals surface area contributed by atoms with Gasteiger partial charge in [-0.15, -0.1) is 0 Å². The Balaban J connectivity index is 3.60. The topological polar surface area (TPSA) is 57.4 Å². The van der Waals surface area contributed by atoms with Crippen LogP contribution in [0.3, 0.4) is 0 Å². The van der Waals surface area contributed by atoms with Gasteiger partial charge in [0.25, 0.3) is 0 Å². The van der Waals surface area contributed by atoms with Gasteiger partial charge in [0.2, 0.25) is 5.84 Å². The Morgan fingerprint density at radius 2 is 2.50 bits per heavy atom. The van der Waals surface area contributed by atoms with Crippen LogP contribution in [0.1, 0.15) is 0 Å². The molecule has 0 unspecified atom stereocenters. The molecule has 0 saturated heterocycles. The van der Waals surface area contributed by atoms with Crippen LogP contribution in [0.5, 0.6) is 0 Å². The van der Waals surface area contributed by atoms with E-state index in [1.807, 2.05) is 0 Å². The van der Waals surface area contributed by atoms with Crippen LogP contribution >= 0.6 is 0 Å². The summed E-state index contributed by atoms with van der Waals surface area (Å²) in [5, 5.41) is 8.13. The molecule has 0 spiro atoms. The maximum absolute atomic E-state index is 8.13. The van der Waals surface area contributed by atoms with Crippen molar-refractivity contribution in [1.82, 2.24) is 5.48 Å². The van der Waals surface area contributed by atoms with Crippen molar-refractivity contribution < 1.29 is 4.84 Å². The van der Waals surface area contributed by atoms with Crippen molar-refractivity contribution in [1.29, 1.82) is 5.26 Å². The largest absolute Gasteiger partial charge is 0.277 e. The van der Waals surface area contributed by atoms with E-state index in [1.165, 1.54) is 14.2 Å². The van der Waals surface area contributed by atoms with E-state index in [4.69, 9.17) is 5.26 Å². The highest BCUT2D eigenvalue weighted by Gasteiger charge is 1.87. The number of nitrogens with one attached hydrogen (secondary N) is 1. The van der Waals surface area contributed by atoms with Crippen LogP contribution in [-0.2, 0) is 4.84 Å². The van der Waals surface area contributed by atoms with Gasteiger partial charge in [0, 0.05) is 7.05 Å². The highest BCUT2D eigenvalue weighted by Crippen LogP contribution is 1.64. The molecule has 0 heterocycles. The van der Waals surface area contributed by atoms with E-state index >= 15 is 0 Å². The predicted molar refractivity (Wildman–Crippen MR) is 29.1 cm³/mol. The molecule has 0 amide bonds. The van der Waals surface area contributed by atoms with Crippen LogP contribution in [0.4, 0.5) is 0 Å². The predicted octanol–water partition coefficient (Wildman–Crippen LogP) is -0.311. The van der Waals surface area contributed by atoms with Gasteiger partial charge in [0.1, 0.15) is 6.07 Å². The van der Waals surface area contributed by atoms with Crippen LogP contribution < -0.4 is 5.48 Å². The summed E-state index contributed by atoms with van der Waals surface area (Å²) in [5.41, 5.74) is 2.27. The zero-order chi connectivity index (χ0) is 6.41. The molecule has 0 bridgehead atoms. The number of hydrogen-bond acceptors (Lipinski definition) is 3. The Bertz CT molecular complexity index is 124. The van der Waals surface area contributed by atoms with Crippen LogP contribution in [0.25, 0.3) is 0 Å². The molecule has 0 atom stereocenters. The molecule has 0 fully saturated rings. The average molecular weight is 113 g/mol. The van der Waals surface area contributed by atoms with E-state index < -0.39 is 0 Å². The van der Waals surface area contributed by atoms with Crippen molar-refractivity contribution in [3.63, 3.8) is 0 Å². The van der Waals surface area contributed by atoms with E-state index in [2.05, 4.69) is 15.3 Å². The highest BCUT2D eigenvalue weighted by molar-refractivity contribution is 5.95. The normalized spacial score (nSPS) is 10.4. The Labute approximate surface area is 47.7 Å². The van der Waals surface area contributed by atoms with Gasteiger partial charge < -0.3 is 0 Å². The first-order valence-electron chi connectivity index (χ1n) is 2.01. The summed E-state index contributed by atoms with van der Waals surface area (Å²) < 4.78 is 0. The molecule has 0 aromatic heterocycles. The van der Waals surface area contributed by atoms with Gasteiger partial charge in [-0.25, -0.2) is 5.48 Å². The first-order chi connectivity index (χ1) is 3.85. The van der Waals surface area contributed by atoms with Gasteiger partial charge in [0.05, 0.1) is 7.11 Å². The molecule has 0 rings (SSSR count). The minimum Gasteiger partial charge on any atom is -0.277 e. The smallest absolute Gasteiger partial charge is 0.225 e. The second-order valence-electron chi connectivity index (χ2n) is 0.990. The number of nitriles is 1.